The molecule has 0 bridgehead atoms. The minimum Gasteiger partial charge on any atom is -0.101 e. The van der Waals surface area contributed by atoms with Gasteiger partial charge < -0.3 is 0 Å². The van der Waals surface area contributed by atoms with E-state index in [2.05, 4.69) is 88.4 Å². The Morgan fingerprint density at radius 2 is 1.05 bits per heavy atom. The van der Waals surface area contributed by atoms with Gasteiger partial charge in [-0.25, -0.2) is 0 Å². The summed E-state index contributed by atoms with van der Waals surface area (Å²) >= 11 is 0. The smallest absolute Gasteiger partial charge is 0.0195 e. The van der Waals surface area contributed by atoms with Crippen molar-refractivity contribution in [2.45, 2.75) is 39.0 Å². The van der Waals surface area contributed by atoms with E-state index in [4.69, 9.17) is 0 Å². The van der Waals surface area contributed by atoms with E-state index >= 15 is 0 Å². The van der Waals surface area contributed by atoms with Crippen molar-refractivity contribution in [1.29, 1.82) is 0 Å². The van der Waals surface area contributed by atoms with E-state index in [1.165, 1.54) is 22.9 Å². The van der Waals surface area contributed by atoms with Crippen molar-refractivity contribution in [3.8, 4) is 0 Å². The van der Waals surface area contributed by atoms with Crippen molar-refractivity contribution in [2.75, 3.05) is 12.3 Å². The second kappa shape index (κ2) is 8.81. The van der Waals surface area contributed by atoms with E-state index in [0.717, 1.165) is 11.3 Å². The van der Waals surface area contributed by atoms with E-state index < -0.39 is 0 Å². The molecule has 2 rings (SSSR count). The Bertz CT molecular complexity index is 487. The molecule has 0 saturated carbocycles. The van der Waals surface area contributed by atoms with Gasteiger partial charge in [-0.05, 0) is 42.2 Å². The van der Waals surface area contributed by atoms with Crippen LogP contribution in [0.2, 0.25) is 0 Å². The third-order valence-electron chi connectivity index (χ3n) is 4.04. The maximum Gasteiger partial charge on any atom is -0.0195 e. The molecule has 0 saturated heterocycles. The summed E-state index contributed by atoms with van der Waals surface area (Å²) in [4.78, 5) is 0. The predicted molar refractivity (Wildman–Crippen MR) is 106 cm³/mol. The van der Waals surface area contributed by atoms with Gasteiger partial charge >= 0.3 is 0 Å². The van der Waals surface area contributed by atoms with Crippen LogP contribution in [0.1, 0.15) is 27.7 Å². The molecule has 0 N–H and O–H groups in total. The van der Waals surface area contributed by atoms with Crippen molar-refractivity contribution in [3.05, 3.63) is 60.7 Å². The van der Waals surface area contributed by atoms with Gasteiger partial charge in [0.05, 0.1) is 0 Å². The first-order chi connectivity index (χ1) is 10.6. The lowest BCUT2D eigenvalue weighted by molar-refractivity contribution is 1.00. The largest absolute Gasteiger partial charge is 0.101 e. The Balaban J connectivity index is 2.19. The van der Waals surface area contributed by atoms with E-state index in [-0.39, 0.29) is 15.8 Å². The Kier molecular flexibility index (Phi) is 7.07. The third-order valence-corrected chi connectivity index (χ3v) is 10.3. The zero-order chi connectivity index (χ0) is 15.9. The lowest BCUT2D eigenvalue weighted by atomic mass is 10.4. The molecule has 0 aliphatic carbocycles. The highest BCUT2D eigenvalue weighted by atomic mass is 31.1. The molecule has 2 heteroatoms. The summed E-state index contributed by atoms with van der Waals surface area (Å²) in [5.74, 6) is 0. The first-order valence-electron chi connectivity index (χ1n) is 8.23. The second-order valence-corrected chi connectivity index (χ2v) is 12.1. The summed E-state index contributed by atoms with van der Waals surface area (Å²) in [6, 6.07) is 22.2. The summed E-state index contributed by atoms with van der Waals surface area (Å²) in [7, 11) is -0.0924. The van der Waals surface area contributed by atoms with E-state index in [1.54, 1.807) is 0 Å². The minimum absolute atomic E-state index is 0.124. The molecule has 0 nitrogen and oxygen atoms in total. The van der Waals surface area contributed by atoms with Crippen LogP contribution in [0.25, 0.3) is 0 Å². The van der Waals surface area contributed by atoms with Crippen molar-refractivity contribution in [3.63, 3.8) is 0 Å². The molecule has 0 spiro atoms. The average Bonchev–Trinajstić information content (AvgIpc) is 2.52. The van der Waals surface area contributed by atoms with Crippen LogP contribution in [0.15, 0.2) is 60.7 Å². The Morgan fingerprint density at radius 3 is 1.41 bits per heavy atom. The SMILES string of the molecule is CC(C)P(CCP(c1ccccc1)c1ccccc1)C(C)C. The van der Waals surface area contributed by atoms with Crippen LogP contribution < -0.4 is 10.6 Å². The molecule has 0 radical (unpaired) electrons. The maximum absolute atomic E-state index is 2.40. The first kappa shape index (κ1) is 17.7. The molecule has 0 atom stereocenters. The first-order valence-corrected chi connectivity index (χ1v) is 11.4. The van der Waals surface area contributed by atoms with E-state index in [0.29, 0.717) is 0 Å². The van der Waals surface area contributed by atoms with Crippen molar-refractivity contribution >= 4 is 26.5 Å². The zero-order valence-corrected chi connectivity index (χ0v) is 16.0. The van der Waals surface area contributed by atoms with Crippen LogP contribution in [0.5, 0.6) is 0 Å². The molecule has 118 valence electrons. The molecule has 0 aliphatic rings. The molecule has 2 aromatic carbocycles. The van der Waals surface area contributed by atoms with E-state index in [9.17, 15) is 0 Å². The lowest BCUT2D eigenvalue weighted by Crippen LogP contribution is -2.17. The Hall–Kier alpha value is -0.700. The van der Waals surface area contributed by atoms with E-state index in [1.807, 2.05) is 0 Å². The van der Waals surface area contributed by atoms with Crippen molar-refractivity contribution < 1.29 is 0 Å². The molecule has 0 heterocycles. The Labute approximate surface area is 138 Å². The molecule has 0 amide bonds. The summed E-state index contributed by atoms with van der Waals surface area (Å²) in [6.45, 7) is 9.61. The normalized spacial score (nSPS) is 11.8. The fraction of sp³-hybridized carbons (Fsp3) is 0.400. The summed E-state index contributed by atoms with van der Waals surface area (Å²) < 4.78 is 0. The molecular formula is C20H28P2. The van der Waals surface area contributed by atoms with Crippen molar-refractivity contribution in [2.24, 2.45) is 0 Å². The minimum atomic E-state index is -0.217. The number of hydrogen-bond donors (Lipinski definition) is 0. The monoisotopic (exact) mass is 330 g/mol. The highest BCUT2D eigenvalue weighted by Gasteiger charge is 2.20. The van der Waals surface area contributed by atoms with Gasteiger partial charge in [0, 0.05) is 0 Å². The van der Waals surface area contributed by atoms with Crippen LogP contribution in [0, 0.1) is 0 Å². The third kappa shape index (κ3) is 4.91. The fourth-order valence-electron chi connectivity index (χ4n) is 2.95. The maximum atomic E-state index is 2.40. The van der Waals surface area contributed by atoms with Gasteiger partial charge in [-0.1, -0.05) is 88.4 Å². The standard InChI is InChI=1S/C20H28P2/c1-17(2)21(18(3)4)15-16-22(19-11-7-5-8-12-19)20-13-9-6-10-14-20/h5-14,17-18H,15-16H2,1-4H3. The van der Waals surface area contributed by atoms with Crippen LogP contribution in [0.3, 0.4) is 0 Å². The van der Waals surface area contributed by atoms with Gasteiger partial charge in [0.25, 0.3) is 0 Å². The number of hydrogen-bond acceptors (Lipinski definition) is 0. The number of benzene rings is 2. The highest BCUT2D eigenvalue weighted by molar-refractivity contribution is 7.73. The molecule has 0 unspecified atom stereocenters. The van der Waals surface area contributed by atoms with Crippen LogP contribution >= 0.6 is 15.8 Å². The predicted octanol–water partition coefficient (Wildman–Crippen LogP) is 5.42. The van der Waals surface area contributed by atoms with Crippen LogP contribution in [-0.2, 0) is 0 Å². The molecule has 2 aromatic rings. The van der Waals surface area contributed by atoms with Crippen LogP contribution in [-0.4, -0.2) is 23.6 Å². The molecule has 0 aromatic heterocycles. The Morgan fingerprint density at radius 1 is 0.636 bits per heavy atom. The summed E-state index contributed by atoms with van der Waals surface area (Å²) in [5, 5.41) is 3.04. The van der Waals surface area contributed by atoms with Crippen molar-refractivity contribution in [1.82, 2.24) is 0 Å². The number of rotatable bonds is 7. The van der Waals surface area contributed by atoms with Gasteiger partial charge in [-0.3, -0.25) is 0 Å². The van der Waals surface area contributed by atoms with Gasteiger partial charge in [-0.15, -0.1) is 7.92 Å². The quantitative estimate of drug-likeness (QED) is 0.595. The summed E-state index contributed by atoms with van der Waals surface area (Å²) in [6.07, 6.45) is 2.71. The molecular weight excluding hydrogens is 302 g/mol. The van der Waals surface area contributed by atoms with Gasteiger partial charge in [-0.2, -0.15) is 0 Å². The molecule has 0 aliphatic heterocycles. The van der Waals surface area contributed by atoms with Crippen LogP contribution in [0.4, 0.5) is 0 Å². The van der Waals surface area contributed by atoms with Gasteiger partial charge in [0.15, 0.2) is 0 Å². The van der Waals surface area contributed by atoms with Gasteiger partial charge in [0.2, 0.25) is 0 Å². The fourth-order valence-corrected chi connectivity index (χ4v) is 8.78. The second-order valence-electron chi connectivity index (χ2n) is 6.25. The summed E-state index contributed by atoms with van der Waals surface area (Å²) in [5.41, 5.74) is 1.66. The average molecular weight is 330 g/mol. The van der Waals surface area contributed by atoms with Gasteiger partial charge in [0.1, 0.15) is 0 Å². The zero-order valence-electron chi connectivity index (χ0n) is 14.2. The molecule has 0 fully saturated rings. The highest BCUT2D eigenvalue weighted by Crippen LogP contribution is 2.48. The lowest BCUT2D eigenvalue weighted by Gasteiger charge is -2.28. The topological polar surface area (TPSA) is 0 Å². The molecule has 22 heavy (non-hydrogen) atoms.